The van der Waals surface area contributed by atoms with Gasteiger partial charge in [-0.3, -0.25) is 9.69 Å². The number of hydrogen-bond donors (Lipinski definition) is 0. The maximum absolute atomic E-state index is 13.0. The van der Waals surface area contributed by atoms with Crippen LogP contribution in [0.2, 0.25) is 0 Å². The van der Waals surface area contributed by atoms with Gasteiger partial charge in [0.25, 0.3) is 5.91 Å². The molecule has 7 heteroatoms. The summed E-state index contributed by atoms with van der Waals surface area (Å²) in [6.07, 6.45) is 5.57. The average Bonchev–Trinajstić information content (AvgIpc) is 3.49. The Labute approximate surface area is 209 Å². The lowest BCUT2D eigenvalue weighted by Gasteiger charge is -2.28. The molecule has 0 saturated carbocycles. The monoisotopic (exact) mass is 482 g/mol. The molecule has 6 nitrogen and oxygen atoms in total. The van der Waals surface area contributed by atoms with E-state index in [2.05, 4.69) is 23.1 Å². The molecular weight excluding hydrogens is 456 g/mol. The predicted octanol–water partition coefficient (Wildman–Crippen LogP) is 6.43. The molecule has 2 saturated heterocycles. The molecule has 3 aromatic rings. The van der Waals surface area contributed by atoms with Crippen LogP contribution in [0.15, 0.2) is 75.0 Å². The van der Waals surface area contributed by atoms with Crippen LogP contribution in [0, 0.1) is 11.3 Å². The smallest absolute Gasteiger partial charge is 0.266 e. The first kappa shape index (κ1) is 23.0. The van der Waals surface area contributed by atoms with E-state index in [1.165, 1.54) is 36.7 Å². The van der Waals surface area contributed by atoms with Crippen molar-refractivity contribution in [2.75, 3.05) is 24.5 Å². The quantitative estimate of drug-likeness (QED) is 0.392. The summed E-state index contributed by atoms with van der Waals surface area (Å²) in [5.41, 5.74) is 3.54. The number of likely N-dealkylation sites (N-methyl/N-ethyl adjacent to an activating group) is 1. The number of piperidine rings is 1. The van der Waals surface area contributed by atoms with Crippen molar-refractivity contribution in [2.45, 2.75) is 26.2 Å². The number of carbonyl (C=O) groups is 1. The lowest BCUT2D eigenvalue weighted by molar-refractivity contribution is -0.122. The Morgan fingerprint density at radius 1 is 1.03 bits per heavy atom. The van der Waals surface area contributed by atoms with Crippen LogP contribution >= 0.6 is 11.8 Å². The van der Waals surface area contributed by atoms with Gasteiger partial charge in [0, 0.05) is 37.0 Å². The van der Waals surface area contributed by atoms with Gasteiger partial charge in [0.2, 0.25) is 0 Å². The molecule has 5 rings (SSSR count). The molecule has 2 aromatic carbocycles. The van der Waals surface area contributed by atoms with Crippen LogP contribution in [0.25, 0.3) is 17.4 Å². The van der Waals surface area contributed by atoms with Crippen LogP contribution < -0.4 is 4.90 Å². The summed E-state index contributed by atoms with van der Waals surface area (Å²) in [5.74, 6) is 1.22. The van der Waals surface area contributed by atoms with Crippen molar-refractivity contribution in [1.29, 1.82) is 5.26 Å². The largest absolute Gasteiger partial charge is 0.457 e. The van der Waals surface area contributed by atoms with E-state index in [1.54, 1.807) is 23.1 Å². The van der Waals surface area contributed by atoms with Crippen LogP contribution in [-0.2, 0) is 4.79 Å². The van der Waals surface area contributed by atoms with Crippen LogP contribution in [0.4, 0.5) is 11.4 Å². The highest BCUT2D eigenvalue weighted by atomic mass is 32.2. The number of aliphatic imine (C=N–C) groups is 1. The molecule has 0 atom stereocenters. The molecule has 2 fully saturated rings. The zero-order valence-electron chi connectivity index (χ0n) is 19.6. The number of nitriles is 1. The van der Waals surface area contributed by atoms with Crippen LogP contribution in [0.3, 0.4) is 0 Å². The van der Waals surface area contributed by atoms with Crippen molar-refractivity contribution in [3.8, 4) is 17.4 Å². The van der Waals surface area contributed by atoms with Gasteiger partial charge in [-0.15, -0.1) is 0 Å². The Morgan fingerprint density at radius 2 is 1.77 bits per heavy atom. The van der Waals surface area contributed by atoms with Crippen molar-refractivity contribution in [3.05, 3.63) is 76.9 Å². The lowest BCUT2D eigenvalue weighted by atomic mass is 10.1. The summed E-state index contributed by atoms with van der Waals surface area (Å²) in [6, 6.07) is 21.3. The molecule has 2 aliphatic heterocycles. The summed E-state index contributed by atoms with van der Waals surface area (Å²) < 4.78 is 5.96. The third kappa shape index (κ3) is 5.03. The van der Waals surface area contributed by atoms with Gasteiger partial charge in [-0.1, -0.05) is 0 Å². The summed E-state index contributed by atoms with van der Waals surface area (Å²) in [7, 11) is 0. The van der Waals surface area contributed by atoms with E-state index in [4.69, 9.17) is 14.7 Å². The number of furan rings is 1. The molecule has 3 heterocycles. The number of carbonyl (C=O) groups excluding carboxylic acids is 1. The first-order valence-electron chi connectivity index (χ1n) is 11.9. The number of anilines is 1. The summed E-state index contributed by atoms with van der Waals surface area (Å²) >= 11 is 1.36. The standard InChI is InChI=1S/C28H26N4O2S/c1-2-32-27(33)26(18-24-14-15-25(34-24)21-8-6-20(19-29)7-9-21)35-28(32)30-22-10-12-23(13-11-22)31-16-4-3-5-17-31/h6-15,18H,2-5,16-17H2,1H3/b26-18-,30-28?. The van der Waals surface area contributed by atoms with Crippen molar-refractivity contribution in [1.82, 2.24) is 4.90 Å². The van der Waals surface area contributed by atoms with Crippen molar-refractivity contribution in [2.24, 2.45) is 4.99 Å². The second-order valence-corrected chi connectivity index (χ2v) is 9.52. The van der Waals surface area contributed by atoms with Gasteiger partial charge in [-0.2, -0.15) is 5.26 Å². The van der Waals surface area contributed by atoms with Gasteiger partial charge in [0.05, 0.1) is 22.2 Å². The third-order valence-electron chi connectivity index (χ3n) is 6.20. The fraction of sp³-hybridized carbons (Fsp3) is 0.250. The molecule has 35 heavy (non-hydrogen) atoms. The number of thioether (sulfide) groups is 1. The molecule has 0 unspecified atom stereocenters. The van der Waals surface area contributed by atoms with E-state index >= 15 is 0 Å². The van der Waals surface area contributed by atoms with Gasteiger partial charge in [0.1, 0.15) is 11.5 Å². The normalized spacial score (nSPS) is 18.5. The maximum Gasteiger partial charge on any atom is 0.266 e. The summed E-state index contributed by atoms with van der Waals surface area (Å²) in [4.78, 5) is 22.5. The molecule has 0 spiro atoms. The van der Waals surface area contributed by atoms with Gasteiger partial charge < -0.3 is 9.32 Å². The zero-order valence-corrected chi connectivity index (χ0v) is 20.4. The predicted molar refractivity (Wildman–Crippen MR) is 141 cm³/mol. The number of amidine groups is 1. The Bertz CT molecular complexity index is 1310. The molecule has 0 bridgehead atoms. The van der Waals surface area contributed by atoms with Gasteiger partial charge in [-0.05, 0) is 98.6 Å². The van der Waals surface area contributed by atoms with Crippen molar-refractivity contribution >= 4 is 40.3 Å². The first-order chi connectivity index (χ1) is 17.1. The van der Waals surface area contributed by atoms with Gasteiger partial charge in [0.15, 0.2) is 5.17 Å². The Balaban J connectivity index is 1.34. The molecule has 2 aliphatic rings. The Kier molecular flexibility index (Phi) is 6.73. The topological polar surface area (TPSA) is 72.8 Å². The highest BCUT2D eigenvalue weighted by molar-refractivity contribution is 8.18. The Morgan fingerprint density at radius 3 is 2.46 bits per heavy atom. The molecular formula is C28H26N4O2S. The molecule has 1 amide bonds. The van der Waals surface area contributed by atoms with E-state index < -0.39 is 0 Å². The van der Waals surface area contributed by atoms with Gasteiger partial charge >= 0.3 is 0 Å². The average molecular weight is 483 g/mol. The molecule has 176 valence electrons. The van der Waals surface area contributed by atoms with E-state index in [-0.39, 0.29) is 5.91 Å². The minimum atomic E-state index is -0.0718. The van der Waals surface area contributed by atoms with Crippen LogP contribution in [-0.4, -0.2) is 35.6 Å². The summed E-state index contributed by atoms with van der Waals surface area (Å²) in [5, 5.41) is 9.65. The highest BCUT2D eigenvalue weighted by Crippen LogP contribution is 2.35. The fourth-order valence-electron chi connectivity index (χ4n) is 4.29. The Hall–Kier alpha value is -3.76. The van der Waals surface area contributed by atoms with Crippen molar-refractivity contribution < 1.29 is 9.21 Å². The number of benzene rings is 2. The maximum atomic E-state index is 13.0. The molecule has 0 radical (unpaired) electrons. The molecule has 0 aliphatic carbocycles. The first-order valence-corrected chi connectivity index (χ1v) is 12.7. The molecule has 1 aromatic heterocycles. The minimum Gasteiger partial charge on any atom is -0.457 e. The third-order valence-corrected chi connectivity index (χ3v) is 7.21. The van der Waals surface area contributed by atoms with Crippen molar-refractivity contribution in [3.63, 3.8) is 0 Å². The van der Waals surface area contributed by atoms with E-state index in [1.807, 2.05) is 43.3 Å². The fourth-order valence-corrected chi connectivity index (χ4v) is 5.34. The van der Waals surface area contributed by atoms with Crippen LogP contribution in [0.1, 0.15) is 37.5 Å². The van der Waals surface area contributed by atoms with Crippen LogP contribution in [0.5, 0.6) is 0 Å². The van der Waals surface area contributed by atoms with E-state index in [9.17, 15) is 4.79 Å². The number of nitrogens with zero attached hydrogens (tertiary/aromatic N) is 4. The summed E-state index contributed by atoms with van der Waals surface area (Å²) in [6.45, 7) is 4.71. The SMILES string of the molecule is CCN1C(=O)/C(=C/c2ccc(-c3ccc(C#N)cc3)o2)SC1=Nc1ccc(N2CCCCC2)cc1. The van der Waals surface area contributed by atoms with E-state index in [0.29, 0.717) is 33.7 Å². The molecule has 0 N–H and O–H groups in total. The number of hydrogen-bond acceptors (Lipinski definition) is 6. The lowest BCUT2D eigenvalue weighted by Crippen LogP contribution is -2.29. The highest BCUT2D eigenvalue weighted by Gasteiger charge is 2.32. The van der Waals surface area contributed by atoms with E-state index in [0.717, 1.165) is 24.3 Å². The van der Waals surface area contributed by atoms with Gasteiger partial charge in [-0.25, -0.2) is 4.99 Å². The zero-order chi connectivity index (χ0) is 24.2. The number of rotatable bonds is 5. The second-order valence-electron chi connectivity index (χ2n) is 8.51. The minimum absolute atomic E-state index is 0.0718. The number of amides is 1. The second kappa shape index (κ2) is 10.2.